The lowest BCUT2D eigenvalue weighted by atomic mass is 10.0. The first-order chi connectivity index (χ1) is 17.3. The molecule has 0 bridgehead atoms. The second kappa shape index (κ2) is 7.56. The van der Waals surface area contributed by atoms with E-state index in [0.717, 1.165) is 67.3 Å². The van der Waals surface area contributed by atoms with Crippen LogP contribution in [0.3, 0.4) is 0 Å². The zero-order valence-electron chi connectivity index (χ0n) is 18.8. The minimum atomic E-state index is 0.683. The van der Waals surface area contributed by atoms with Crippen LogP contribution in [0.5, 0.6) is 5.75 Å². The molecule has 3 heterocycles. The van der Waals surface area contributed by atoms with Gasteiger partial charge < -0.3 is 19.7 Å². The second-order valence-electron chi connectivity index (χ2n) is 8.41. The van der Waals surface area contributed by atoms with Gasteiger partial charge in [-0.1, -0.05) is 36.4 Å². The van der Waals surface area contributed by atoms with Crippen LogP contribution < -0.4 is 4.74 Å². The number of fused-ring (bicyclic) bond motifs is 3. The summed E-state index contributed by atoms with van der Waals surface area (Å²) in [6.45, 7) is 0. The first-order valence-electron chi connectivity index (χ1n) is 11.3. The molecule has 0 spiro atoms. The SMILES string of the molecule is COc1c(-c2nc3ccccc3[nH]2)cc(-c2nc3ccccc3[nH]2)cc1-c1nc2ccccc2[nH]1. The molecule has 0 fully saturated rings. The van der Waals surface area contributed by atoms with E-state index in [4.69, 9.17) is 19.7 Å². The van der Waals surface area contributed by atoms with E-state index < -0.39 is 0 Å². The molecule has 3 N–H and O–H groups in total. The fraction of sp³-hybridized carbons (Fsp3) is 0.0357. The molecule has 168 valence electrons. The topological polar surface area (TPSA) is 95.3 Å². The van der Waals surface area contributed by atoms with Crippen molar-refractivity contribution in [3.05, 3.63) is 84.9 Å². The summed E-state index contributed by atoms with van der Waals surface area (Å²) in [6.07, 6.45) is 0. The predicted octanol–water partition coefficient (Wildman–Crippen LogP) is 6.33. The summed E-state index contributed by atoms with van der Waals surface area (Å²) in [5.74, 6) is 2.89. The first-order valence-corrected chi connectivity index (χ1v) is 11.3. The number of benzene rings is 4. The molecular formula is C28H20N6O. The van der Waals surface area contributed by atoms with Crippen LogP contribution in [0.25, 0.3) is 67.3 Å². The minimum Gasteiger partial charge on any atom is -0.495 e. The third-order valence-corrected chi connectivity index (χ3v) is 6.24. The van der Waals surface area contributed by atoms with Crippen molar-refractivity contribution in [3.63, 3.8) is 0 Å². The average molecular weight is 457 g/mol. The zero-order chi connectivity index (χ0) is 23.4. The highest BCUT2D eigenvalue weighted by atomic mass is 16.5. The van der Waals surface area contributed by atoms with Crippen LogP contribution in [0.15, 0.2) is 84.9 Å². The van der Waals surface area contributed by atoms with Gasteiger partial charge in [0.25, 0.3) is 0 Å². The van der Waals surface area contributed by atoms with E-state index in [-0.39, 0.29) is 0 Å². The minimum absolute atomic E-state index is 0.683. The van der Waals surface area contributed by atoms with Crippen LogP contribution in [-0.2, 0) is 0 Å². The highest BCUT2D eigenvalue weighted by Crippen LogP contribution is 2.41. The molecule has 0 atom stereocenters. The Hall–Kier alpha value is -4.91. The molecule has 0 aliphatic heterocycles. The number of ether oxygens (including phenoxy) is 1. The number of methoxy groups -OCH3 is 1. The maximum absolute atomic E-state index is 5.98. The van der Waals surface area contributed by atoms with Gasteiger partial charge in [0.2, 0.25) is 0 Å². The summed E-state index contributed by atoms with van der Waals surface area (Å²) in [6, 6.07) is 28.1. The molecule has 4 aromatic carbocycles. The zero-order valence-corrected chi connectivity index (χ0v) is 18.8. The third-order valence-electron chi connectivity index (χ3n) is 6.24. The average Bonchev–Trinajstić information content (AvgIpc) is 3.63. The van der Waals surface area contributed by atoms with Gasteiger partial charge in [-0.25, -0.2) is 15.0 Å². The molecule has 7 aromatic rings. The number of hydrogen-bond donors (Lipinski definition) is 3. The second-order valence-corrected chi connectivity index (χ2v) is 8.41. The normalized spacial score (nSPS) is 11.6. The highest BCUT2D eigenvalue weighted by molar-refractivity contribution is 5.90. The van der Waals surface area contributed by atoms with Gasteiger partial charge in [0.1, 0.15) is 23.2 Å². The molecule has 7 heteroatoms. The molecule has 0 aliphatic carbocycles. The standard InChI is InChI=1S/C28H20N6O/c1-35-25-17(27-31-21-10-4-5-11-22(21)32-27)14-16(26-29-19-8-2-3-9-20(19)30-26)15-18(25)28-33-23-12-6-7-13-24(23)34-28/h2-15H,1H3,(H,29,30)(H,31,32)(H,33,34). The van der Waals surface area contributed by atoms with Gasteiger partial charge in [0, 0.05) is 5.56 Å². The number of nitrogens with zero attached hydrogens (tertiary/aromatic N) is 3. The maximum Gasteiger partial charge on any atom is 0.142 e. The van der Waals surface area contributed by atoms with Crippen molar-refractivity contribution in [2.24, 2.45) is 0 Å². The molecule has 7 nitrogen and oxygen atoms in total. The van der Waals surface area contributed by atoms with Crippen molar-refractivity contribution < 1.29 is 4.74 Å². The van der Waals surface area contributed by atoms with E-state index in [1.54, 1.807) is 7.11 Å². The van der Waals surface area contributed by atoms with Crippen LogP contribution in [0.4, 0.5) is 0 Å². The van der Waals surface area contributed by atoms with Crippen molar-refractivity contribution in [1.29, 1.82) is 0 Å². The Bertz CT molecular complexity index is 1660. The molecule has 0 saturated heterocycles. The van der Waals surface area contributed by atoms with Crippen molar-refractivity contribution in [3.8, 4) is 39.9 Å². The Morgan fingerprint density at radius 3 is 1.37 bits per heavy atom. The van der Waals surface area contributed by atoms with Crippen molar-refractivity contribution in [2.75, 3.05) is 7.11 Å². The van der Waals surface area contributed by atoms with E-state index in [9.17, 15) is 0 Å². The summed E-state index contributed by atoms with van der Waals surface area (Å²) >= 11 is 0. The molecule has 0 saturated carbocycles. The summed E-state index contributed by atoms with van der Waals surface area (Å²) in [7, 11) is 1.68. The number of hydrogen-bond acceptors (Lipinski definition) is 4. The number of rotatable bonds is 4. The van der Waals surface area contributed by atoms with Gasteiger partial charge in [-0.2, -0.15) is 0 Å². The molecule has 35 heavy (non-hydrogen) atoms. The van der Waals surface area contributed by atoms with Crippen LogP contribution >= 0.6 is 0 Å². The maximum atomic E-state index is 5.98. The molecule has 0 amide bonds. The molecule has 0 unspecified atom stereocenters. The molecule has 0 radical (unpaired) electrons. The molecule has 3 aromatic heterocycles. The highest BCUT2D eigenvalue weighted by Gasteiger charge is 2.21. The summed E-state index contributed by atoms with van der Waals surface area (Å²) in [5.41, 5.74) is 8.17. The Labute approximate surface area is 199 Å². The van der Waals surface area contributed by atoms with Gasteiger partial charge in [0.15, 0.2) is 0 Å². The summed E-state index contributed by atoms with van der Waals surface area (Å²) < 4.78 is 5.98. The smallest absolute Gasteiger partial charge is 0.142 e. The Balaban J connectivity index is 1.52. The molecular weight excluding hydrogens is 436 g/mol. The van der Waals surface area contributed by atoms with Gasteiger partial charge in [-0.3, -0.25) is 0 Å². The number of para-hydroxylation sites is 6. The Morgan fingerprint density at radius 1 is 0.543 bits per heavy atom. The Morgan fingerprint density at radius 2 is 0.943 bits per heavy atom. The van der Waals surface area contributed by atoms with Crippen LogP contribution in [0, 0.1) is 0 Å². The van der Waals surface area contributed by atoms with Crippen LogP contribution in [-0.4, -0.2) is 37.0 Å². The number of H-pyrrole nitrogens is 3. The van der Waals surface area contributed by atoms with Crippen molar-refractivity contribution in [2.45, 2.75) is 0 Å². The molecule has 0 aliphatic rings. The number of imidazole rings is 3. The van der Waals surface area contributed by atoms with E-state index in [0.29, 0.717) is 5.75 Å². The first kappa shape index (κ1) is 19.5. The van der Waals surface area contributed by atoms with Crippen molar-refractivity contribution in [1.82, 2.24) is 29.9 Å². The van der Waals surface area contributed by atoms with Crippen LogP contribution in [0.2, 0.25) is 0 Å². The van der Waals surface area contributed by atoms with E-state index in [1.165, 1.54) is 0 Å². The van der Waals surface area contributed by atoms with Gasteiger partial charge in [-0.05, 0) is 48.5 Å². The fourth-order valence-corrected chi connectivity index (χ4v) is 4.59. The van der Waals surface area contributed by atoms with E-state index >= 15 is 0 Å². The monoisotopic (exact) mass is 456 g/mol. The Kier molecular flexibility index (Phi) is 4.22. The van der Waals surface area contributed by atoms with Gasteiger partial charge in [-0.15, -0.1) is 0 Å². The van der Waals surface area contributed by atoms with E-state index in [2.05, 4.69) is 27.1 Å². The largest absolute Gasteiger partial charge is 0.495 e. The predicted molar refractivity (Wildman–Crippen MR) is 138 cm³/mol. The van der Waals surface area contributed by atoms with Crippen molar-refractivity contribution >= 4 is 33.1 Å². The quantitative estimate of drug-likeness (QED) is 0.289. The number of aromatic nitrogens is 6. The lowest BCUT2D eigenvalue weighted by Gasteiger charge is -2.13. The summed E-state index contributed by atoms with van der Waals surface area (Å²) in [4.78, 5) is 24.9. The van der Waals surface area contributed by atoms with Gasteiger partial charge >= 0.3 is 0 Å². The third kappa shape index (κ3) is 3.17. The number of aromatic amines is 3. The molecule has 7 rings (SSSR count). The fourth-order valence-electron chi connectivity index (χ4n) is 4.59. The number of nitrogens with one attached hydrogen (secondary N) is 3. The van der Waals surface area contributed by atoms with Crippen LogP contribution in [0.1, 0.15) is 0 Å². The lowest BCUT2D eigenvalue weighted by molar-refractivity contribution is 0.417. The summed E-state index contributed by atoms with van der Waals surface area (Å²) in [5, 5.41) is 0. The lowest BCUT2D eigenvalue weighted by Crippen LogP contribution is -1.96. The van der Waals surface area contributed by atoms with E-state index in [1.807, 2.05) is 72.8 Å². The van der Waals surface area contributed by atoms with Gasteiger partial charge in [0.05, 0.1) is 51.3 Å².